The first-order valence-electron chi connectivity index (χ1n) is 5.73. The lowest BCUT2D eigenvalue weighted by Crippen LogP contribution is -2.32. The van der Waals surface area contributed by atoms with Crippen molar-refractivity contribution in [3.05, 3.63) is 29.8 Å². The van der Waals surface area contributed by atoms with Gasteiger partial charge in [0, 0.05) is 17.8 Å². The maximum atomic E-state index is 11.7. The van der Waals surface area contributed by atoms with Crippen LogP contribution in [0, 0.1) is 0 Å². The number of amides is 1. The average molecular weight is 250 g/mol. The van der Waals surface area contributed by atoms with Gasteiger partial charge in [-0.05, 0) is 26.1 Å². The van der Waals surface area contributed by atoms with Crippen molar-refractivity contribution in [2.24, 2.45) is 0 Å². The Balaban J connectivity index is 2.59. The predicted octanol–water partition coefficient (Wildman–Crippen LogP) is 0.752. The number of nitrogens with one attached hydrogen (secondary N) is 1. The second kappa shape index (κ2) is 6.88. The molecule has 0 aliphatic rings. The fourth-order valence-corrected chi connectivity index (χ4v) is 1.51. The fourth-order valence-electron chi connectivity index (χ4n) is 1.51. The maximum absolute atomic E-state index is 11.7. The van der Waals surface area contributed by atoms with Gasteiger partial charge in [-0.2, -0.15) is 0 Å². The zero-order chi connectivity index (χ0) is 13.5. The molecule has 0 aromatic heterocycles. The minimum Gasteiger partial charge on any atom is -0.395 e. The molecule has 0 bridgehead atoms. The predicted molar refractivity (Wildman–Crippen MR) is 69.7 cm³/mol. The van der Waals surface area contributed by atoms with Crippen LogP contribution in [-0.4, -0.2) is 48.4 Å². The van der Waals surface area contributed by atoms with Gasteiger partial charge in [-0.25, -0.2) is 0 Å². The number of carbonyl (C=O) groups excluding carboxylic acids is 2. The number of anilines is 1. The lowest BCUT2D eigenvalue weighted by Gasteiger charge is -2.14. The molecule has 1 aromatic rings. The average Bonchev–Trinajstić information content (AvgIpc) is 2.29. The van der Waals surface area contributed by atoms with Crippen molar-refractivity contribution >= 4 is 17.4 Å². The molecule has 0 saturated carbocycles. The molecular formula is C13H18N2O3. The van der Waals surface area contributed by atoms with Crippen molar-refractivity contribution in [3.8, 4) is 0 Å². The zero-order valence-electron chi connectivity index (χ0n) is 10.6. The first-order chi connectivity index (χ1) is 8.52. The monoisotopic (exact) mass is 250 g/mol. The first kappa shape index (κ1) is 14.3. The van der Waals surface area contributed by atoms with Crippen molar-refractivity contribution in [2.45, 2.75) is 6.92 Å². The van der Waals surface area contributed by atoms with Gasteiger partial charge in [-0.3, -0.25) is 14.5 Å². The van der Waals surface area contributed by atoms with Gasteiger partial charge in [0.25, 0.3) is 0 Å². The van der Waals surface area contributed by atoms with Crippen LogP contribution < -0.4 is 5.32 Å². The number of nitrogens with zero attached hydrogens (tertiary/aromatic N) is 1. The maximum Gasteiger partial charge on any atom is 0.238 e. The third-order valence-corrected chi connectivity index (χ3v) is 2.45. The highest BCUT2D eigenvalue weighted by atomic mass is 16.3. The Morgan fingerprint density at radius 3 is 2.72 bits per heavy atom. The lowest BCUT2D eigenvalue weighted by molar-refractivity contribution is -0.117. The van der Waals surface area contributed by atoms with Crippen molar-refractivity contribution in [1.82, 2.24) is 4.90 Å². The van der Waals surface area contributed by atoms with Crippen LogP contribution in [0.25, 0.3) is 0 Å². The summed E-state index contributed by atoms with van der Waals surface area (Å²) in [6.45, 7) is 2.14. The molecule has 0 heterocycles. The first-order valence-corrected chi connectivity index (χ1v) is 5.73. The molecule has 0 saturated heterocycles. The summed E-state index contributed by atoms with van der Waals surface area (Å²) in [7, 11) is 1.75. The van der Waals surface area contributed by atoms with Crippen LogP contribution in [-0.2, 0) is 4.79 Å². The van der Waals surface area contributed by atoms with Gasteiger partial charge in [0.15, 0.2) is 5.78 Å². The van der Waals surface area contributed by atoms with E-state index < -0.39 is 0 Å². The standard InChI is InChI=1S/C13H18N2O3/c1-10(17)11-4-3-5-12(8-11)14-13(18)9-15(2)6-7-16/h3-5,8,16H,6-7,9H2,1-2H3,(H,14,18). The number of hydrogen-bond acceptors (Lipinski definition) is 4. The Morgan fingerprint density at radius 2 is 2.11 bits per heavy atom. The van der Waals surface area contributed by atoms with Crippen LogP contribution in [0.1, 0.15) is 17.3 Å². The SMILES string of the molecule is CC(=O)c1cccc(NC(=O)CN(C)CCO)c1. The number of hydrogen-bond donors (Lipinski definition) is 2. The largest absolute Gasteiger partial charge is 0.395 e. The van der Waals surface area contributed by atoms with Gasteiger partial charge in [-0.15, -0.1) is 0 Å². The molecule has 0 unspecified atom stereocenters. The topological polar surface area (TPSA) is 69.6 Å². The Hall–Kier alpha value is -1.72. The van der Waals surface area contributed by atoms with Gasteiger partial charge in [0.2, 0.25) is 5.91 Å². The zero-order valence-corrected chi connectivity index (χ0v) is 10.6. The Bertz CT molecular complexity index is 432. The molecule has 1 amide bonds. The number of rotatable bonds is 6. The van der Waals surface area contributed by atoms with Gasteiger partial charge in [0.05, 0.1) is 13.2 Å². The summed E-state index contributed by atoms with van der Waals surface area (Å²) in [5.41, 5.74) is 1.17. The third kappa shape index (κ3) is 4.65. The number of Topliss-reactive ketones (excluding diaryl/α,β-unsaturated/α-hetero) is 1. The summed E-state index contributed by atoms with van der Waals surface area (Å²) in [6.07, 6.45) is 0. The van der Waals surface area contributed by atoms with E-state index in [0.717, 1.165) is 0 Å². The summed E-state index contributed by atoms with van der Waals surface area (Å²) in [5, 5.41) is 11.4. The van der Waals surface area contributed by atoms with Crippen LogP contribution in [0.15, 0.2) is 24.3 Å². The Kier molecular flexibility index (Phi) is 5.48. The number of ketones is 1. The van der Waals surface area contributed by atoms with Crippen molar-refractivity contribution < 1.29 is 14.7 Å². The quantitative estimate of drug-likeness (QED) is 0.731. The van der Waals surface area contributed by atoms with Crippen LogP contribution in [0.4, 0.5) is 5.69 Å². The summed E-state index contributed by atoms with van der Waals surface area (Å²) in [5.74, 6) is -0.213. The van der Waals surface area contributed by atoms with Crippen LogP contribution >= 0.6 is 0 Å². The normalized spacial score (nSPS) is 10.4. The van der Waals surface area contributed by atoms with E-state index in [-0.39, 0.29) is 24.8 Å². The molecule has 0 aliphatic carbocycles. The fraction of sp³-hybridized carbons (Fsp3) is 0.385. The highest BCUT2D eigenvalue weighted by Crippen LogP contribution is 2.11. The minimum absolute atomic E-state index is 0.0175. The minimum atomic E-state index is -0.174. The molecule has 2 N–H and O–H groups in total. The molecule has 0 fully saturated rings. The van der Waals surface area contributed by atoms with E-state index in [9.17, 15) is 9.59 Å². The summed E-state index contributed by atoms with van der Waals surface area (Å²) in [4.78, 5) is 24.6. The molecule has 5 heteroatoms. The van der Waals surface area contributed by atoms with E-state index in [1.165, 1.54) is 6.92 Å². The molecule has 1 aromatic carbocycles. The molecule has 1 rings (SSSR count). The number of benzene rings is 1. The van der Waals surface area contributed by atoms with E-state index in [2.05, 4.69) is 5.32 Å². The van der Waals surface area contributed by atoms with E-state index in [0.29, 0.717) is 17.8 Å². The molecule has 98 valence electrons. The summed E-state index contributed by atoms with van der Waals surface area (Å²) in [6, 6.07) is 6.81. The molecule has 0 atom stereocenters. The van der Waals surface area contributed by atoms with Crippen molar-refractivity contribution in [2.75, 3.05) is 32.1 Å². The highest BCUT2D eigenvalue weighted by Gasteiger charge is 2.07. The third-order valence-electron chi connectivity index (χ3n) is 2.45. The van der Waals surface area contributed by atoms with Gasteiger partial charge < -0.3 is 10.4 Å². The van der Waals surface area contributed by atoms with Gasteiger partial charge >= 0.3 is 0 Å². The number of carbonyl (C=O) groups is 2. The molecule has 0 aliphatic heterocycles. The van der Waals surface area contributed by atoms with Gasteiger partial charge in [0.1, 0.15) is 0 Å². The molecule has 18 heavy (non-hydrogen) atoms. The molecule has 5 nitrogen and oxygen atoms in total. The second-order valence-electron chi connectivity index (χ2n) is 4.15. The van der Waals surface area contributed by atoms with Crippen LogP contribution in [0.2, 0.25) is 0 Å². The van der Waals surface area contributed by atoms with E-state index in [4.69, 9.17) is 5.11 Å². The van der Waals surface area contributed by atoms with Gasteiger partial charge in [-0.1, -0.05) is 12.1 Å². The van der Waals surface area contributed by atoms with E-state index in [1.54, 1.807) is 36.2 Å². The molecule has 0 radical (unpaired) electrons. The van der Waals surface area contributed by atoms with E-state index in [1.807, 2.05) is 0 Å². The Morgan fingerprint density at radius 1 is 1.39 bits per heavy atom. The summed E-state index contributed by atoms with van der Waals surface area (Å²) >= 11 is 0. The lowest BCUT2D eigenvalue weighted by atomic mass is 10.1. The Labute approximate surface area is 106 Å². The van der Waals surface area contributed by atoms with Crippen LogP contribution in [0.3, 0.4) is 0 Å². The number of likely N-dealkylation sites (N-methyl/N-ethyl adjacent to an activating group) is 1. The highest BCUT2D eigenvalue weighted by molar-refractivity contribution is 5.97. The number of aliphatic hydroxyl groups is 1. The smallest absolute Gasteiger partial charge is 0.238 e. The van der Waals surface area contributed by atoms with Crippen LogP contribution in [0.5, 0.6) is 0 Å². The number of aliphatic hydroxyl groups excluding tert-OH is 1. The summed E-state index contributed by atoms with van der Waals surface area (Å²) < 4.78 is 0. The van der Waals surface area contributed by atoms with Crippen molar-refractivity contribution in [1.29, 1.82) is 0 Å². The molecule has 0 spiro atoms. The second-order valence-corrected chi connectivity index (χ2v) is 4.15. The van der Waals surface area contributed by atoms with E-state index >= 15 is 0 Å². The van der Waals surface area contributed by atoms with Crippen molar-refractivity contribution in [3.63, 3.8) is 0 Å². The molecular weight excluding hydrogens is 232 g/mol.